The number of aliphatic hydroxyl groups is 1. The fourth-order valence-electron chi connectivity index (χ4n) is 1.06. The van der Waals surface area contributed by atoms with Crippen LogP contribution in [0.15, 0.2) is 22.7 Å². The highest BCUT2D eigenvalue weighted by atomic mass is 79.9. The minimum atomic E-state index is -1.49. The topological polar surface area (TPSA) is 92.4 Å². The molecule has 4 N–H and O–H groups in total. The molecule has 1 unspecified atom stereocenters. The highest BCUT2D eigenvalue weighted by molar-refractivity contribution is 9.10. The standard InChI is InChI=1S/C10H10BrFN2O3/c11-6-3-1-2-5(8(6)12)10(17)14-4-7(15)9(13)16/h1-3,7,15H,4H2,(H2,13,16)(H,14,17). The maximum absolute atomic E-state index is 13.5. The molecule has 0 aliphatic carbocycles. The molecule has 1 aromatic carbocycles. The molecule has 7 heteroatoms. The molecule has 0 heterocycles. The zero-order valence-electron chi connectivity index (χ0n) is 8.61. The van der Waals surface area contributed by atoms with Gasteiger partial charge in [-0.05, 0) is 28.1 Å². The number of benzene rings is 1. The Bertz CT molecular complexity index is 453. The number of halogens is 2. The normalized spacial score (nSPS) is 11.9. The van der Waals surface area contributed by atoms with E-state index in [0.717, 1.165) is 0 Å². The van der Waals surface area contributed by atoms with Crippen molar-refractivity contribution in [2.75, 3.05) is 6.54 Å². The smallest absolute Gasteiger partial charge is 0.254 e. The van der Waals surface area contributed by atoms with Gasteiger partial charge in [0.2, 0.25) is 5.91 Å². The van der Waals surface area contributed by atoms with E-state index in [2.05, 4.69) is 21.2 Å². The number of amides is 2. The number of carbonyl (C=O) groups excluding carboxylic acids is 2. The molecule has 0 saturated carbocycles. The van der Waals surface area contributed by atoms with Crippen molar-refractivity contribution >= 4 is 27.7 Å². The fourth-order valence-corrected chi connectivity index (χ4v) is 1.43. The number of hydrogen-bond donors (Lipinski definition) is 3. The third-order valence-electron chi connectivity index (χ3n) is 1.98. The number of rotatable bonds is 4. The van der Waals surface area contributed by atoms with Gasteiger partial charge in [-0.2, -0.15) is 0 Å². The molecule has 0 fully saturated rings. The van der Waals surface area contributed by atoms with Crippen molar-refractivity contribution in [1.82, 2.24) is 5.32 Å². The van der Waals surface area contributed by atoms with Crippen molar-refractivity contribution in [1.29, 1.82) is 0 Å². The first-order chi connectivity index (χ1) is 7.93. The van der Waals surface area contributed by atoms with Gasteiger partial charge in [0.25, 0.3) is 5.91 Å². The highest BCUT2D eigenvalue weighted by Crippen LogP contribution is 2.18. The minimum absolute atomic E-state index is 0.153. The number of nitrogens with one attached hydrogen (secondary N) is 1. The summed E-state index contributed by atoms with van der Waals surface area (Å²) in [5.41, 5.74) is 4.61. The predicted octanol–water partition coefficient (Wildman–Crippen LogP) is 0.164. The van der Waals surface area contributed by atoms with Crippen LogP contribution in [0.5, 0.6) is 0 Å². The lowest BCUT2D eigenvalue weighted by molar-refractivity contribution is -0.125. The SMILES string of the molecule is NC(=O)C(O)CNC(=O)c1cccc(Br)c1F. The van der Waals surface area contributed by atoms with E-state index in [4.69, 9.17) is 10.8 Å². The van der Waals surface area contributed by atoms with Gasteiger partial charge in [-0.25, -0.2) is 4.39 Å². The Kier molecular flexibility index (Phi) is 4.59. The molecule has 0 aliphatic rings. The average molecular weight is 305 g/mol. The third kappa shape index (κ3) is 3.50. The van der Waals surface area contributed by atoms with Crippen molar-refractivity contribution in [2.24, 2.45) is 5.73 Å². The summed E-state index contributed by atoms with van der Waals surface area (Å²) in [6.07, 6.45) is -1.49. The maximum atomic E-state index is 13.5. The van der Waals surface area contributed by atoms with Crippen LogP contribution >= 0.6 is 15.9 Å². The van der Waals surface area contributed by atoms with E-state index in [0.29, 0.717) is 0 Å². The Labute approximate surface area is 105 Å². The van der Waals surface area contributed by atoms with Gasteiger partial charge in [0.1, 0.15) is 11.9 Å². The second kappa shape index (κ2) is 5.74. The van der Waals surface area contributed by atoms with E-state index in [1.165, 1.54) is 18.2 Å². The van der Waals surface area contributed by atoms with Crippen LogP contribution in [0.2, 0.25) is 0 Å². The molecule has 5 nitrogen and oxygen atoms in total. The van der Waals surface area contributed by atoms with Crippen LogP contribution in [-0.2, 0) is 4.79 Å². The van der Waals surface area contributed by atoms with Gasteiger partial charge in [0.05, 0.1) is 16.6 Å². The first-order valence-corrected chi connectivity index (χ1v) is 5.42. The molecule has 0 aliphatic heterocycles. The van der Waals surface area contributed by atoms with Gasteiger partial charge >= 0.3 is 0 Å². The van der Waals surface area contributed by atoms with Gasteiger partial charge in [-0.1, -0.05) is 6.07 Å². The maximum Gasteiger partial charge on any atom is 0.254 e. The first kappa shape index (κ1) is 13.6. The molecular weight excluding hydrogens is 295 g/mol. The monoisotopic (exact) mass is 304 g/mol. The van der Waals surface area contributed by atoms with Gasteiger partial charge in [0, 0.05) is 0 Å². The number of aliphatic hydroxyl groups excluding tert-OH is 1. The van der Waals surface area contributed by atoms with E-state index in [1.807, 2.05) is 0 Å². The lowest BCUT2D eigenvalue weighted by Gasteiger charge is -2.09. The summed E-state index contributed by atoms with van der Waals surface area (Å²) in [4.78, 5) is 22.0. The minimum Gasteiger partial charge on any atom is -0.381 e. The second-order valence-electron chi connectivity index (χ2n) is 3.23. The van der Waals surface area contributed by atoms with E-state index in [1.54, 1.807) is 0 Å². The van der Waals surface area contributed by atoms with Gasteiger partial charge in [0.15, 0.2) is 0 Å². The van der Waals surface area contributed by atoms with E-state index in [-0.39, 0.29) is 16.6 Å². The highest BCUT2D eigenvalue weighted by Gasteiger charge is 2.16. The van der Waals surface area contributed by atoms with Crippen LogP contribution in [-0.4, -0.2) is 29.6 Å². The Morgan fingerprint density at radius 3 is 2.76 bits per heavy atom. The largest absolute Gasteiger partial charge is 0.381 e. The molecule has 0 bridgehead atoms. The molecule has 2 amide bonds. The van der Waals surface area contributed by atoms with Crippen LogP contribution < -0.4 is 11.1 Å². The Hall–Kier alpha value is -1.47. The van der Waals surface area contributed by atoms with Crippen molar-refractivity contribution in [3.8, 4) is 0 Å². The molecule has 1 atom stereocenters. The number of hydrogen-bond acceptors (Lipinski definition) is 3. The molecule has 1 aromatic rings. The molecule has 0 spiro atoms. The van der Waals surface area contributed by atoms with Crippen molar-refractivity contribution < 1.29 is 19.1 Å². The summed E-state index contributed by atoms with van der Waals surface area (Å²) in [5.74, 6) is -2.40. The van der Waals surface area contributed by atoms with Gasteiger partial charge < -0.3 is 16.2 Å². The molecule has 92 valence electrons. The lowest BCUT2D eigenvalue weighted by Crippen LogP contribution is -2.40. The number of primary amides is 1. The van der Waals surface area contributed by atoms with E-state index in [9.17, 15) is 14.0 Å². The van der Waals surface area contributed by atoms with Gasteiger partial charge in [-0.15, -0.1) is 0 Å². The Balaban J connectivity index is 2.71. The second-order valence-corrected chi connectivity index (χ2v) is 4.08. The predicted molar refractivity (Wildman–Crippen MR) is 61.6 cm³/mol. The summed E-state index contributed by atoms with van der Waals surface area (Å²) in [5, 5.41) is 11.3. The summed E-state index contributed by atoms with van der Waals surface area (Å²) in [7, 11) is 0. The molecular formula is C10H10BrFN2O3. The first-order valence-electron chi connectivity index (χ1n) is 4.63. The quantitative estimate of drug-likeness (QED) is 0.740. The van der Waals surface area contributed by atoms with E-state index < -0.39 is 23.7 Å². The molecule has 0 saturated heterocycles. The summed E-state index contributed by atoms with van der Waals surface area (Å²) in [6, 6.07) is 4.23. The Morgan fingerprint density at radius 2 is 2.18 bits per heavy atom. The van der Waals surface area contributed by atoms with Gasteiger partial charge in [-0.3, -0.25) is 9.59 Å². The zero-order valence-corrected chi connectivity index (χ0v) is 10.2. The van der Waals surface area contributed by atoms with Crippen molar-refractivity contribution in [3.63, 3.8) is 0 Å². The van der Waals surface area contributed by atoms with Crippen LogP contribution in [0.4, 0.5) is 4.39 Å². The zero-order chi connectivity index (χ0) is 13.0. The summed E-state index contributed by atoms with van der Waals surface area (Å²) < 4.78 is 13.6. The van der Waals surface area contributed by atoms with Crippen LogP contribution in [0.25, 0.3) is 0 Å². The Morgan fingerprint density at radius 1 is 1.53 bits per heavy atom. The average Bonchev–Trinajstić information content (AvgIpc) is 2.29. The van der Waals surface area contributed by atoms with E-state index >= 15 is 0 Å². The van der Waals surface area contributed by atoms with Crippen molar-refractivity contribution in [2.45, 2.75) is 6.10 Å². The van der Waals surface area contributed by atoms with Crippen LogP contribution in [0, 0.1) is 5.82 Å². The molecule has 1 rings (SSSR count). The lowest BCUT2D eigenvalue weighted by atomic mass is 10.2. The fraction of sp³-hybridized carbons (Fsp3) is 0.200. The number of carbonyl (C=O) groups is 2. The summed E-state index contributed by atoms with van der Waals surface area (Å²) >= 11 is 2.94. The van der Waals surface area contributed by atoms with Crippen LogP contribution in [0.3, 0.4) is 0 Å². The number of nitrogens with two attached hydrogens (primary N) is 1. The summed E-state index contributed by atoms with van der Waals surface area (Å²) in [6.45, 7) is -0.361. The molecule has 17 heavy (non-hydrogen) atoms. The molecule has 0 aromatic heterocycles. The third-order valence-corrected chi connectivity index (χ3v) is 2.59. The van der Waals surface area contributed by atoms with Crippen molar-refractivity contribution in [3.05, 3.63) is 34.1 Å². The van der Waals surface area contributed by atoms with Crippen LogP contribution in [0.1, 0.15) is 10.4 Å². The molecule has 0 radical (unpaired) electrons.